The molecule has 1 aliphatic heterocycles. The summed E-state index contributed by atoms with van der Waals surface area (Å²) in [7, 11) is 0. The van der Waals surface area contributed by atoms with Crippen LogP contribution in [0.5, 0.6) is 0 Å². The van der Waals surface area contributed by atoms with Gasteiger partial charge in [-0.2, -0.15) is 0 Å². The summed E-state index contributed by atoms with van der Waals surface area (Å²) in [4.78, 5) is 25.8. The predicted molar refractivity (Wildman–Crippen MR) is 78.0 cm³/mol. The number of amides is 2. The Morgan fingerprint density at radius 2 is 2.00 bits per heavy atom. The van der Waals surface area contributed by atoms with Crippen molar-refractivity contribution in [1.29, 1.82) is 0 Å². The van der Waals surface area contributed by atoms with Gasteiger partial charge in [0.25, 0.3) is 0 Å². The number of anilines is 1. The molecule has 0 aliphatic carbocycles. The molecule has 0 saturated carbocycles. The molecule has 4 nitrogen and oxygen atoms in total. The maximum atomic E-state index is 12.2. The number of nitrogens with one attached hydrogen (secondary N) is 1. The highest BCUT2D eigenvalue weighted by Gasteiger charge is 2.37. The average Bonchev–Trinajstić information content (AvgIpc) is 2.29. The molecule has 19 heavy (non-hydrogen) atoms. The molecule has 1 fully saturated rings. The normalized spacial score (nSPS) is 19.8. The lowest BCUT2D eigenvalue weighted by Gasteiger charge is -2.37. The molecule has 0 bridgehead atoms. The molecule has 5 heteroatoms. The Balaban J connectivity index is 2.48. The molecule has 102 valence electrons. The lowest BCUT2D eigenvalue weighted by molar-refractivity contribution is -0.131. The molecule has 1 aromatic rings. The molecule has 1 saturated heterocycles. The van der Waals surface area contributed by atoms with Gasteiger partial charge in [0.1, 0.15) is 6.04 Å². The molecule has 0 aromatic heterocycles. The maximum absolute atomic E-state index is 12.2. The van der Waals surface area contributed by atoms with Crippen molar-refractivity contribution >= 4 is 33.4 Å². The van der Waals surface area contributed by atoms with Gasteiger partial charge in [-0.05, 0) is 36.6 Å². The largest absolute Gasteiger partial charge is 0.345 e. The van der Waals surface area contributed by atoms with Gasteiger partial charge in [0, 0.05) is 10.2 Å². The van der Waals surface area contributed by atoms with Crippen LogP contribution in [0.2, 0.25) is 0 Å². The minimum atomic E-state index is -0.449. The second-order valence-electron chi connectivity index (χ2n) is 5.16. The summed E-state index contributed by atoms with van der Waals surface area (Å²) in [5, 5.41) is 2.65. The number of carbonyl (C=O) groups is 2. The standard InChI is InChI=1S/C14H17BrN2O2/c1-8(2)13-14(19)16-7-12(18)17(13)11-5-9(3)4-10(15)6-11/h4-6,8,13H,7H2,1-3H3,(H,16,19). The Morgan fingerprint density at radius 3 is 2.58 bits per heavy atom. The molecule has 1 unspecified atom stereocenters. The monoisotopic (exact) mass is 324 g/mol. The number of benzene rings is 1. The minimum Gasteiger partial charge on any atom is -0.345 e. The van der Waals surface area contributed by atoms with Gasteiger partial charge >= 0.3 is 0 Å². The van der Waals surface area contributed by atoms with Crippen LogP contribution in [0.25, 0.3) is 0 Å². The summed E-state index contributed by atoms with van der Waals surface area (Å²) in [6.07, 6.45) is 0. The van der Waals surface area contributed by atoms with Crippen LogP contribution in [-0.4, -0.2) is 24.4 Å². The number of hydrogen-bond acceptors (Lipinski definition) is 2. The second-order valence-corrected chi connectivity index (χ2v) is 6.07. The first kappa shape index (κ1) is 14.1. The Kier molecular flexibility index (Phi) is 3.94. The number of carbonyl (C=O) groups excluding carboxylic acids is 2. The highest BCUT2D eigenvalue weighted by molar-refractivity contribution is 9.10. The Labute approximate surface area is 121 Å². The van der Waals surface area contributed by atoms with E-state index in [1.165, 1.54) is 0 Å². The fourth-order valence-electron chi connectivity index (χ4n) is 2.39. The van der Waals surface area contributed by atoms with Crippen molar-refractivity contribution in [3.05, 3.63) is 28.2 Å². The van der Waals surface area contributed by atoms with Crippen LogP contribution in [0.1, 0.15) is 19.4 Å². The van der Waals surface area contributed by atoms with Gasteiger partial charge in [-0.1, -0.05) is 29.8 Å². The van der Waals surface area contributed by atoms with Crippen LogP contribution in [0, 0.1) is 12.8 Å². The molecule has 1 N–H and O–H groups in total. The zero-order chi connectivity index (χ0) is 14.2. The van der Waals surface area contributed by atoms with Gasteiger partial charge in [-0.25, -0.2) is 0 Å². The van der Waals surface area contributed by atoms with Crippen molar-refractivity contribution in [2.45, 2.75) is 26.8 Å². The number of hydrogen-bond donors (Lipinski definition) is 1. The molecule has 1 atom stereocenters. The molecule has 0 radical (unpaired) electrons. The van der Waals surface area contributed by atoms with Crippen LogP contribution in [0.15, 0.2) is 22.7 Å². The highest BCUT2D eigenvalue weighted by atomic mass is 79.9. The third-order valence-electron chi connectivity index (χ3n) is 3.17. The summed E-state index contributed by atoms with van der Waals surface area (Å²) in [5.41, 5.74) is 1.82. The zero-order valence-corrected chi connectivity index (χ0v) is 12.8. The van der Waals surface area contributed by atoms with E-state index >= 15 is 0 Å². The van der Waals surface area contributed by atoms with Gasteiger partial charge in [-0.3, -0.25) is 14.5 Å². The van der Waals surface area contributed by atoms with Gasteiger partial charge in [-0.15, -0.1) is 0 Å². The van der Waals surface area contributed by atoms with Crippen molar-refractivity contribution in [2.24, 2.45) is 5.92 Å². The molecular formula is C14H17BrN2O2. The summed E-state index contributed by atoms with van der Waals surface area (Å²) in [5.74, 6) is -0.105. The minimum absolute atomic E-state index is 0.0588. The highest BCUT2D eigenvalue weighted by Crippen LogP contribution is 2.27. The first-order valence-electron chi connectivity index (χ1n) is 6.27. The van der Waals surface area contributed by atoms with E-state index in [4.69, 9.17) is 0 Å². The number of piperazine rings is 1. The topological polar surface area (TPSA) is 49.4 Å². The summed E-state index contributed by atoms with van der Waals surface area (Å²) in [6.45, 7) is 5.92. The molecule has 2 amide bonds. The number of halogens is 1. The van der Waals surface area contributed by atoms with Crippen molar-refractivity contribution in [3.8, 4) is 0 Å². The zero-order valence-electron chi connectivity index (χ0n) is 11.2. The molecular weight excluding hydrogens is 308 g/mol. The first-order valence-corrected chi connectivity index (χ1v) is 7.06. The average molecular weight is 325 g/mol. The third kappa shape index (κ3) is 2.81. The Morgan fingerprint density at radius 1 is 1.32 bits per heavy atom. The van der Waals surface area contributed by atoms with E-state index in [0.29, 0.717) is 0 Å². The van der Waals surface area contributed by atoms with Crippen LogP contribution in [-0.2, 0) is 9.59 Å². The summed E-state index contributed by atoms with van der Waals surface area (Å²) >= 11 is 3.43. The molecule has 1 heterocycles. The smallest absolute Gasteiger partial charge is 0.247 e. The lowest BCUT2D eigenvalue weighted by atomic mass is 9.98. The van der Waals surface area contributed by atoms with Crippen LogP contribution in [0.3, 0.4) is 0 Å². The number of aryl methyl sites for hydroxylation is 1. The summed E-state index contributed by atoms with van der Waals surface area (Å²) in [6, 6.07) is 5.33. The molecule has 1 aromatic carbocycles. The van der Waals surface area contributed by atoms with Crippen LogP contribution >= 0.6 is 15.9 Å². The Bertz CT molecular complexity index is 508. The van der Waals surface area contributed by atoms with Crippen molar-refractivity contribution in [3.63, 3.8) is 0 Å². The van der Waals surface area contributed by atoms with Crippen molar-refractivity contribution in [2.75, 3.05) is 11.4 Å². The molecule has 2 rings (SSSR count). The van der Waals surface area contributed by atoms with E-state index in [0.717, 1.165) is 15.7 Å². The second kappa shape index (κ2) is 5.33. The lowest BCUT2D eigenvalue weighted by Crippen LogP contribution is -2.60. The van der Waals surface area contributed by atoms with E-state index in [1.54, 1.807) is 4.90 Å². The Hall–Kier alpha value is -1.36. The van der Waals surface area contributed by atoms with Crippen LogP contribution in [0.4, 0.5) is 5.69 Å². The van der Waals surface area contributed by atoms with Crippen molar-refractivity contribution < 1.29 is 9.59 Å². The van der Waals surface area contributed by atoms with E-state index in [9.17, 15) is 9.59 Å². The molecule has 0 spiro atoms. The van der Waals surface area contributed by atoms with E-state index < -0.39 is 6.04 Å². The summed E-state index contributed by atoms with van der Waals surface area (Å²) < 4.78 is 0.906. The first-order chi connectivity index (χ1) is 8.90. The van der Waals surface area contributed by atoms with E-state index in [-0.39, 0.29) is 24.3 Å². The van der Waals surface area contributed by atoms with E-state index in [1.807, 2.05) is 39.0 Å². The van der Waals surface area contributed by atoms with Crippen LogP contribution < -0.4 is 10.2 Å². The number of rotatable bonds is 2. The third-order valence-corrected chi connectivity index (χ3v) is 3.62. The quantitative estimate of drug-likeness (QED) is 0.907. The number of nitrogens with zero attached hydrogens (tertiary/aromatic N) is 1. The van der Waals surface area contributed by atoms with Gasteiger partial charge in [0.2, 0.25) is 11.8 Å². The van der Waals surface area contributed by atoms with Gasteiger partial charge < -0.3 is 5.32 Å². The maximum Gasteiger partial charge on any atom is 0.247 e. The van der Waals surface area contributed by atoms with Crippen molar-refractivity contribution in [1.82, 2.24) is 5.32 Å². The van der Waals surface area contributed by atoms with E-state index in [2.05, 4.69) is 21.2 Å². The van der Waals surface area contributed by atoms with Gasteiger partial charge in [0.15, 0.2) is 0 Å². The fraction of sp³-hybridized carbons (Fsp3) is 0.429. The fourth-order valence-corrected chi connectivity index (χ4v) is 2.98. The SMILES string of the molecule is Cc1cc(Br)cc(N2C(=O)CNC(=O)C2C(C)C)c1. The predicted octanol–water partition coefficient (Wildman–Crippen LogP) is 2.24. The molecule has 1 aliphatic rings. The van der Waals surface area contributed by atoms with Gasteiger partial charge in [0.05, 0.1) is 6.54 Å².